The van der Waals surface area contributed by atoms with Crippen molar-refractivity contribution >= 4 is 11.6 Å². The van der Waals surface area contributed by atoms with Gasteiger partial charge in [0.1, 0.15) is 89.1 Å². The summed E-state index contributed by atoms with van der Waals surface area (Å²) >= 11 is 0. The summed E-state index contributed by atoms with van der Waals surface area (Å²) in [7, 11) is 0. The molecule has 2 unspecified atom stereocenters. The summed E-state index contributed by atoms with van der Waals surface area (Å²) < 4.78 is 17.2. The maximum Gasteiger partial charge on any atom is 0.201 e. The Morgan fingerprint density at radius 1 is 0.583 bits per heavy atom. The fourth-order valence-electron chi connectivity index (χ4n) is 9.18. The number of phenols is 4. The maximum absolute atomic E-state index is 14.6. The molecular weight excluding hydrogens is 792 g/mol. The van der Waals surface area contributed by atoms with Crippen molar-refractivity contribution in [3.63, 3.8) is 0 Å². The highest BCUT2D eigenvalue weighted by molar-refractivity contribution is 6.18. The number of aliphatic hydroxyl groups is 9. The van der Waals surface area contributed by atoms with Gasteiger partial charge in [0, 0.05) is 27.8 Å². The highest BCUT2D eigenvalue weighted by Crippen LogP contribution is 2.56. The third-order valence-electron chi connectivity index (χ3n) is 12.1. The van der Waals surface area contributed by atoms with Crippen LogP contribution < -0.4 is 0 Å². The molecule has 2 saturated heterocycles. The van der Waals surface area contributed by atoms with Gasteiger partial charge in [0.25, 0.3) is 0 Å². The fraction of sp³-hybridized carbons (Fsp3) is 0.381. The van der Waals surface area contributed by atoms with Crippen LogP contribution in [-0.2, 0) is 25.4 Å². The summed E-state index contributed by atoms with van der Waals surface area (Å²) in [4.78, 5) is 28.4. The number of ether oxygens (including phenoxy) is 3. The minimum atomic E-state index is -2.81. The van der Waals surface area contributed by atoms with Gasteiger partial charge in [0.2, 0.25) is 11.6 Å². The van der Waals surface area contributed by atoms with Crippen LogP contribution in [0.3, 0.4) is 0 Å². The molecule has 0 spiro atoms. The largest absolute Gasteiger partial charge is 0.507 e. The average Bonchev–Trinajstić information content (AvgIpc) is 3.20. The van der Waals surface area contributed by atoms with E-state index >= 15 is 0 Å². The van der Waals surface area contributed by atoms with E-state index in [9.17, 15) is 76.0 Å². The lowest BCUT2D eigenvalue weighted by atomic mass is 9.65. The maximum atomic E-state index is 14.6. The molecule has 2 heterocycles. The first kappa shape index (κ1) is 41.7. The Labute approximate surface area is 339 Å². The van der Waals surface area contributed by atoms with Crippen LogP contribution >= 0.6 is 0 Å². The lowest BCUT2D eigenvalue weighted by molar-refractivity contribution is -0.348. The number of aryl methyl sites for hydroxylation is 2. The molecule has 13 N–H and O–H groups in total. The number of hydrogen-bond acceptors (Lipinski definition) is 18. The number of aromatic hydroxyl groups is 4. The second-order valence-corrected chi connectivity index (χ2v) is 15.7. The molecule has 60 heavy (non-hydrogen) atoms. The van der Waals surface area contributed by atoms with Gasteiger partial charge in [0.15, 0.2) is 6.29 Å². The Hall–Kier alpha value is -5.06. The van der Waals surface area contributed by atoms with Gasteiger partial charge in [-0.15, -0.1) is 0 Å². The molecule has 8 rings (SSSR count). The SMILES string of the molecule is Cc1cc(O)c2c(c1)C(O)(c1ccc3c(c1O)C(=O)c1c(O)cc(C)cc1C3(O)[C@@H]1O[C@H](CO)[C@@H](O[C@@H]3O[C@H](CO)[C@@H](O)[C@H](O)[C@H]3O)[C@H](O)[C@H]1O)c1cccc(O)c1C2=O. The Kier molecular flexibility index (Phi) is 10.1. The smallest absolute Gasteiger partial charge is 0.201 e. The Balaban J connectivity index is 1.30. The fourth-order valence-corrected chi connectivity index (χ4v) is 9.18. The number of aliphatic hydroxyl groups excluding tert-OH is 7. The van der Waals surface area contributed by atoms with E-state index in [1.54, 1.807) is 6.92 Å². The van der Waals surface area contributed by atoms with Gasteiger partial charge < -0.3 is 80.6 Å². The van der Waals surface area contributed by atoms with Crippen molar-refractivity contribution in [2.75, 3.05) is 13.2 Å². The molecule has 0 bridgehead atoms. The van der Waals surface area contributed by atoms with Gasteiger partial charge in [-0.05, 0) is 43.2 Å². The first-order chi connectivity index (χ1) is 28.3. The highest BCUT2D eigenvalue weighted by atomic mass is 16.7. The normalized spacial score (nSPS) is 33.5. The van der Waals surface area contributed by atoms with Gasteiger partial charge >= 0.3 is 0 Å². The Morgan fingerprint density at radius 3 is 1.78 bits per heavy atom. The van der Waals surface area contributed by atoms with Crippen molar-refractivity contribution in [2.45, 2.75) is 86.3 Å². The highest BCUT2D eigenvalue weighted by Gasteiger charge is 2.60. The van der Waals surface area contributed by atoms with Gasteiger partial charge in [-0.1, -0.05) is 36.4 Å². The van der Waals surface area contributed by atoms with Crippen LogP contribution in [0.15, 0.2) is 54.6 Å². The summed E-state index contributed by atoms with van der Waals surface area (Å²) in [5.41, 5.74) is -8.73. The number of fused-ring (bicyclic) bond motifs is 4. The Morgan fingerprint density at radius 2 is 1.15 bits per heavy atom. The van der Waals surface area contributed by atoms with Crippen molar-refractivity contribution in [1.82, 2.24) is 0 Å². The van der Waals surface area contributed by atoms with E-state index in [2.05, 4.69) is 0 Å². The van der Waals surface area contributed by atoms with E-state index in [1.165, 1.54) is 49.4 Å². The van der Waals surface area contributed by atoms with E-state index in [-0.39, 0.29) is 16.7 Å². The van der Waals surface area contributed by atoms with Crippen LogP contribution in [0.5, 0.6) is 23.0 Å². The number of ketones is 2. The molecule has 0 amide bonds. The molecule has 18 heteroatoms. The molecule has 318 valence electrons. The third-order valence-corrected chi connectivity index (χ3v) is 12.1. The van der Waals surface area contributed by atoms with Gasteiger partial charge in [-0.3, -0.25) is 9.59 Å². The molecule has 0 aromatic heterocycles. The van der Waals surface area contributed by atoms with E-state index in [4.69, 9.17) is 14.2 Å². The molecular formula is C42H42O18. The van der Waals surface area contributed by atoms with Crippen molar-refractivity contribution in [2.24, 2.45) is 0 Å². The number of benzene rings is 4. The number of carbonyl (C=O) groups excluding carboxylic acids is 2. The zero-order valence-electron chi connectivity index (χ0n) is 31.7. The van der Waals surface area contributed by atoms with E-state index in [1.807, 2.05) is 0 Å². The predicted molar refractivity (Wildman–Crippen MR) is 200 cm³/mol. The van der Waals surface area contributed by atoms with Crippen LogP contribution in [0, 0.1) is 13.8 Å². The van der Waals surface area contributed by atoms with Crippen LogP contribution in [-0.4, -0.2) is 152 Å². The lowest BCUT2D eigenvalue weighted by Crippen LogP contribution is -2.67. The zero-order valence-corrected chi connectivity index (χ0v) is 31.7. The quantitative estimate of drug-likeness (QED) is 0.104. The van der Waals surface area contributed by atoms with Gasteiger partial charge in [-0.2, -0.15) is 0 Å². The summed E-state index contributed by atoms with van der Waals surface area (Å²) in [5, 5.41) is 146. The molecule has 2 fully saturated rings. The molecule has 4 aromatic carbocycles. The second kappa shape index (κ2) is 14.5. The van der Waals surface area contributed by atoms with Crippen LogP contribution in [0.2, 0.25) is 0 Å². The topological polar surface area (TPSA) is 325 Å². The van der Waals surface area contributed by atoms with Crippen LogP contribution in [0.1, 0.15) is 70.8 Å². The number of carbonyl (C=O) groups is 2. The van der Waals surface area contributed by atoms with E-state index in [0.29, 0.717) is 11.1 Å². The monoisotopic (exact) mass is 834 g/mol. The summed E-state index contributed by atoms with van der Waals surface area (Å²) in [6, 6.07) is 11.1. The van der Waals surface area contributed by atoms with Crippen molar-refractivity contribution in [3.8, 4) is 23.0 Å². The molecule has 0 radical (unpaired) electrons. The minimum Gasteiger partial charge on any atom is -0.507 e. The summed E-state index contributed by atoms with van der Waals surface area (Å²) in [5.74, 6) is -4.78. The molecule has 2 aliphatic carbocycles. The minimum absolute atomic E-state index is 0.235. The molecule has 4 aromatic rings. The van der Waals surface area contributed by atoms with E-state index < -0.39 is 154 Å². The number of rotatable bonds is 6. The van der Waals surface area contributed by atoms with Crippen molar-refractivity contribution in [3.05, 3.63) is 116 Å². The summed E-state index contributed by atoms with van der Waals surface area (Å²) in [6.07, 6.45) is -18.9. The van der Waals surface area contributed by atoms with Crippen LogP contribution in [0.4, 0.5) is 0 Å². The Bertz CT molecular complexity index is 2430. The standard InChI is InChI=1S/C42H42O18/c1-14-8-19-27(22(46)10-14)32(50)26-16(4-3-5-21(26)45)41(19,56)18-7-6-17-29(30(18)48)33(51)28-20(9-15(2)11-23(28)47)42(17,57)39-36(54)35(53)38(25(13-44)58-39)60-40-37(55)34(52)31(49)24(12-43)59-40/h3-11,24-25,31,34-40,43-49,52-57H,12-13H2,1-2H3/t24-,25-,31-,34+,35-,36-,37-,38-,39-,40+,41?,42?/m1/s1. The number of hydrogen-bond donors (Lipinski definition) is 13. The molecule has 18 nitrogen and oxygen atoms in total. The average molecular weight is 835 g/mol. The van der Waals surface area contributed by atoms with Crippen molar-refractivity contribution in [1.29, 1.82) is 0 Å². The first-order valence-corrected chi connectivity index (χ1v) is 18.8. The molecule has 12 atom stereocenters. The molecule has 0 saturated carbocycles. The van der Waals surface area contributed by atoms with Gasteiger partial charge in [-0.25, -0.2) is 0 Å². The summed E-state index contributed by atoms with van der Waals surface area (Å²) in [6.45, 7) is 1.25. The second-order valence-electron chi connectivity index (χ2n) is 15.7. The lowest BCUT2D eigenvalue weighted by Gasteiger charge is -2.51. The van der Waals surface area contributed by atoms with E-state index in [0.717, 1.165) is 12.1 Å². The van der Waals surface area contributed by atoms with Crippen molar-refractivity contribution < 1.29 is 90.2 Å². The van der Waals surface area contributed by atoms with Gasteiger partial charge in [0.05, 0.1) is 35.5 Å². The zero-order chi connectivity index (χ0) is 43.5. The molecule has 2 aliphatic heterocycles. The third kappa shape index (κ3) is 5.73. The predicted octanol–water partition coefficient (Wildman–Crippen LogP) is -1.60. The van der Waals surface area contributed by atoms with Crippen LogP contribution in [0.25, 0.3) is 0 Å². The molecule has 4 aliphatic rings. The first-order valence-electron chi connectivity index (χ1n) is 18.8. The number of phenolic OH excluding ortho intramolecular Hbond substituents is 4.